The van der Waals surface area contributed by atoms with E-state index in [1.54, 1.807) is 36.4 Å². The van der Waals surface area contributed by atoms with Gasteiger partial charge in [0.15, 0.2) is 6.61 Å². The number of anilines is 1. The van der Waals surface area contributed by atoms with Crippen molar-refractivity contribution in [1.29, 1.82) is 0 Å². The fourth-order valence-electron chi connectivity index (χ4n) is 2.69. The van der Waals surface area contributed by atoms with Gasteiger partial charge in [-0.3, -0.25) is 4.79 Å². The van der Waals surface area contributed by atoms with Gasteiger partial charge in [0.25, 0.3) is 5.91 Å². The van der Waals surface area contributed by atoms with Crippen molar-refractivity contribution in [3.05, 3.63) is 78.6 Å². The van der Waals surface area contributed by atoms with Crippen molar-refractivity contribution in [3.8, 4) is 17.1 Å². The molecule has 4 rings (SSSR count). The Labute approximate surface area is 154 Å². The molecule has 0 fully saturated rings. The maximum atomic E-state index is 13.1. The molecule has 0 saturated carbocycles. The number of benzene rings is 3. The summed E-state index contributed by atoms with van der Waals surface area (Å²) in [6.07, 6.45) is 0. The van der Waals surface area contributed by atoms with Gasteiger partial charge in [-0.15, -0.1) is 0 Å². The van der Waals surface area contributed by atoms with Crippen molar-refractivity contribution in [2.75, 3.05) is 11.9 Å². The van der Waals surface area contributed by atoms with E-state index in [1.165, 1.54) is 12.1 Å². The van der Waals surface area contributed by atoms with Gasteiger partial charge in [-0.25, -0.2) is 9.37 Å². The standard InChI is InChI=1S/C21H16FN3O2/c22-15-8-6-14(7-9-15)21-24-18-11-10-16(12-19(18)25-21)23-20(26)13-27-17-4-2-1-3-5-17/h1-12H,13H2,(H,23,26)(H,24,25). The molecule has 4 aromatic rings. The van der Waals surface area contributed by atoms with Crippen molar-refractivity contribution in [1.82, 2.24) is 9.97 Å². The van der Waals surface area contributed by atoms with Crippen LogP contribution in [-0.4, -0.2) is 22.5 Å². The fourth-order valence-corrected chi connectivity index (χ4v) is 2.69. The van der Waals surface area contributed by atoms with E-state index in [0.717, 1.165) is 16.6 Å². The molecule has 0 aliphatic rings. The first kappa shape index (κ1) is 16.8. The molecule has 0 saturated heterocycles. The smallest absolute Gasteiger partial charge is 0.262 e. The van der Waals surface area contributed by atoms with Crippen LogP contribution in [0.2, 0.25) is 0 Å². The summed E-state index contributed by atoms with van der Waals surface area (Å²) in [6.45, 7) is -0.0775. The van der Waals surface area contributed by atoms with Crippen molar-refractivity contribution in [2.24, 2.45) is 0 Å². The zero-order chi connectivity index (χ0) is 18.6. The van der Waals surface area contributed by atoms with Gasteiger partial charge in [0.1, 0.15) is 17.4 Å². The Balaban J connectivity index is 1.46. The van der Waals surface area contributed by atoms with E-state index < -0.39 is 0 Å². The van der Waals surface area contributed by atoms with Crippen LogP contribution in [0.25, 0.3) is 22.4 Å². The Kier molecular flexibility index (Phi) is 4.53. The second kappa shape index (κ2) is 7.29. The summed E-state index contributed by atoms with van der Waals surface area (Å²) in [5, 5.41) is 2.80. The second-order valence-corrected chi connectivity index (χ2v) is 5.97. The number of hydrogen-bond acceptors (Lipinski definition) is 3. The Morgan fingerprint density at radius 1 is 1.04 bits per heavy atom. The highest BCUT2D eigenvalue weighted by molar-refractivity contribution is 5.94. The summed E-state index contributed by atoms with van der Waals surface area (Å²) in [5.41, 5.74) is 2.96. The molecule has 1 aromatic heterocycles. The Hall–Kier alpha value is -3.67. The number of halogens is 1. The number of carbonyl (C=O) groups excluding carboxylic acids is 1. The number of rotatable bonds is 5. The van der Waals surface area contributed by atoms with Gasteiger partial charge in [0.05, 0.1) is 11.0 Å². The molecule has 0 bridgehead atoms. The molecule has 3 aromatic carbocycles. The average molecular weight is 361 g/mol. The highest BCUT2D eigenvalue weighted by Gasteiger charge is 2.08. The van der Waals surface area contributed by atoms with E-state index in [9.17, 15) is 9.18 Å². The minimum atomic E-state index is -0.294. The lowest BCUT2D eigenvalue weighted by molar-refractivity contribution is -0.118. The topological polar surface area (TPSA) is 67.0 Å². The van der Waals surface area contributed by atoms with Crippen LogP contribution in [0.1, 0.15) is 0 Å². The van der Waals surface area contributed by atoms with E-state index in [-0.39, 0.29) is 18.3 Å². The van der Waals surface area contributed by atoms with Gasteiger partial charge < -0.3 is 15.0 Å². The molecule has 1 heterocycles. The van der Waals surface area contributed by atoms with Crippen molar-refractivity contribution < 1.29 is 13.9 Å². The quantitative estimate of drug-likeness (QED) is 0.554. The largest absolute Gasteiger partial charge is 0.484 e. The number of para-hydroxylation sites is 1. The second-order valence-electron chi connectivity index (χ2n) is 5.97. The van der Waals surface area contributed by atoms with Crippen molar-refractivity contribution in [2.45, 2.75) is 0 Å². The number of imidazole rings is 1. The first-order chi connectivity index (χ1) is 13.2. The molecule has 1 amide bonds. The maximum Gasteiger partial charge on any atom is 0.262 e. The average Bonchev–Trinajstić information content (AvgIpc) is 3.11. The zero-order valence-corrected chi connectivity index (χ0v) is 14.3. The van der Waals surface area contributed by atoms with E-state index in [1.807, 2.05) is 24.3 Å². The Bertz CT molecular complexity index is 1080. The third-order valence-corrected chi connectivity index (χ3v) is 4.00. The SMILES string of the molecule is O=C(COc1ccccc1)Nc1ccc2nc(-c3ccc(F)cc3)[nH]c2c1. The van der Waals surface area contributed by atoms with Crippen LogP contribution in [0.15, 0.2) is 72.8 Å². The molecule has 0 unspecified atom stereocenters. The first-order valence-electron chi connectivity index (χ1n) is 8.41. The fraction of sp³-hybridized carbons (Fsp3) is 0.0476. The van der Waals surface area contributed by atoms with Gasteiger partial charge in [0, 0.05) is 11.3 Å². The number of nitrogens with zero attached hydrogens (tertiary/aromatic N) is 1. The summed E-state index contributed by atoms with van der Waals surface area (Å²) in [6, 6.07) is 20.7. The third kappa shape index (κ3) is 3.95. The summed E-state index contributed by atoms with van der Waals surface area (Å²) in [5.74, 6) is 0.732. The van der Waals surface area contributed by atoms with Crippen LogP contribution in [0, 0.1) is 5.82 Å². The number of aromatic amines is 1. The molecular formula is C21H16FN3O2. The number of amides is 1. The van der Waals surface area contributed by atoms with E-state index in [4.69, 9.17) is 4.74 Å². The number of fused-ring (bicyclic) bond motifs is 1. The zero-order valence-electron chi connectivity index (χ0n) is 14.3. The molecule has 5 nitrogen and oxygen atoms in total. The van der Waals surface area contributed by atoms with Crippen LogP contribution in [0.3, 0.4) is 0 Å². The van der Waals surface area contributed by atoms with E-state index in [0.29, 0.717) is 17.3 Å². The highest BCUT2D eigenvalue weighted by atomic mass is 19.1. The molecule has 2 N–H and O–H groups in total. The molecule has 27 heavy (non-hydrogen) atoms. The normalized spacial score (nSPS) is 10.7. The van der Waals surface area contributed by atoms with Crippen LogP contribution in [0.4, 0.5) is 10.1 Å². The van der Waals surface area contributed by atoms with E-state index >= 15 is 0 Å². The van der Waals surface area contributed by atoms with Crippen LogP contribution in [-0.2, 0) is 4.79 Å². The lowest BCUT2D eigenvalue weighted by Crippen LogP contribution is -2.20. The molecule has 0 aliphatic heterocycles. The van der Waals surface area contributed by atoms with Crippen molar-refractivity contribution >= 4 is 22.6 Å². The molecule has 0 spiro atoms. The molecule has 6 heteroatoms. The lowest BCUT2D eigenvalue weighted by atomic mass is 10.2. The Morgan fingerprint density at radius 2 is 1.81 bits per heavy atom. The van der Waals surface area contributed by atoms with Gasteiger partial charge in [0.2, 0.25) is 0 Å². The van der Waals surface area contributed by atoms with Crippen LogP contribution in [0.5, 0.6) is 5.75 Å². The van der Waals surface area contributed by atoms with E-state index in [2.05, 4.69) is 15.3 Å². The van der Waals surface area contributed by atoms with Crippen LogP contribution < -0.4 is 10.1 Å². The van der Waals surface area contributed by atoms with Gasteiger partial charge >= 0.3 is 0 Å². The molecular weight excluding hydrogens is 345 g/mol. The number of aromatic nitrogens is 2. The summed E-state index contributed by atoms with van der Waals surface area (Å²) >= 11 is 0. The number of ether oxygens (including phenoxy) is 1. The number of H-pyrrole nitrogens is 1. The summed E-state index contributed by atoms with van der Waals surface area (Å²) in [7, 11) is 0. The molecule has 134 valence electrons. The molecule has 0 radical (unpaired) electrons. The lowest BCUT2D eigenvalue weighted by Gasteiger charge is -2.07. The third-order valence-electron chi connectivity index (χ3n) is 4.00. The van der Waals surface area contributed by atoms with Crippen LogP contribution >= 0.6 is 0 Å². The highest BCUT2D eigenvalue weighted by Crippen LogP contribution is 2.23. The van der Waals surface area contributed by atoms with Gasteiger partial charge in [-0.2, -0.15) is 0 Å². The predicted molar refractivity (Wildman–Crippen MR) is 102 cm³/mol. The molecule has 0 atom stereocenters. The predicted octanol–water partition coefficient (Wildman–Crippen LogP) is 4.39. The van der Waals surface area contributed by atoms with Gasteiger partial charge in [-0.1, -0.05) is 18.2 Å². The van der Waals surface area contributed by atoms with Gasteiger partial charge in [-0.05, 0) is 54.6 Å². The summed E-state index contributed by atoms with van der Waals surface area (Å²) < 4.78 is 18.5. The maximum absolute atomic E-state index is 13.1. The molecule has 0 aliphatic carbocycles. The number of nitrogens with one attached hydrogen (secondary N) is 2. The minimum absolute atomic E-state index is 0.0775. The number of carbonyl (C=O) groups is 1. The summed E-state index contributed by atoms with van der Waals surface area (Å²) in [4.78, 5) is 19.8. The Morgan fingerprint density at radius 3 is 2.59 bits per heavy atom. The van der Waals surface area contributed by atoms with Crippen molar-refractivity contribution in [3.63, 3.8) is 0 Å². The minimum Gasteiger partial charge on any atom is -0.484 e. The number of hydrogen-bond donors (Lipinski definition) is 2. The first-order valence-corrected chi connectivity index (χ1v) is 8.41. The monoisotopic (exact) mass is 361 g/mol.